The molecule has 3 fully saturated rings. The lowest BCUT2D eigenvalue weighted by molar-refractivity contribution is 0.0494. The molecule has 7 rings (SSSR count). The van der Waals surface area contributed by atoms with E-state index in [9.17, 15) is 9.59 Å². The van der Waals surface area contributed by atoms with E-state index in [1.165, 1.54) is 31.9 Å². The number of carbonyl (C=O) groups excluding carboxylic acids is 2. The molecule has 0 unspecified atom stereocenters. The van der Waals surface area contributed by atoms with Gasteiger partial charge in [-0.3, -0.25) is 24.2 Å². The van der Waals surface area contributed by atoms with Crippen LogP contribution >= 0.6 is 0 Å². The monoisotopic (exact) mass is 513 g/mol. The Bertz CT molecular complexity index is 1500. The summed E-state index contributed by atoms with van der Waals surface area (Å²) < 4.78 is 3.29. The number of carbonyl (C=O) groups is 2. The second kappa shape index (κ2) is 9.97. The van der Waals surface area contributed by atoms with Crippen molar-refractivity contribution in [3.8, 4) is 11.1 Å². The summed E-state index contributed by atoms with van der Waals surface area (Å²) in [5.41, 5.74) is 4.08. The van der Waals surface area contributed by atoms with E-state index in [0.717, 1.165) is 30.1 Å². The van der Waals surface area contributed by atoms with Gasteiger partial charge in [0.2, 0.25) is 0 Å². The maximum Gasteiger partial charge on any atom is 0.278 e. The van der Waals surface area contributed by atoms with Crippen molar-refractivity contribution in [1.82, 2.24) is 39.8 Å². The standard InChI is InChI=1S/C27H31N9O2/c1-17-23(11-20(12-29-17)26(37)28-9-10-35-14-18-3-6-22(35)7-4-18)31-27(38)25-24-8-5-19(16-36(24)33-32-25)21-13-30-34(2)15-21/h5,8,11-13,15-16,18,22H,3-4,6-7,9-10,14H2,1-2H3,(H,28,37)(H,31,38). The molecule has 4 aromatic rings. The van der Waals surface area contributed by atoms with Crippen molar-refractivity contribution in [2.45, 2.75) is 38.6 Å². The van der Waals surface area contributed by atoms with Gasteiger partial charge in [-0.2, -0.15) is 5.10 Å². The van der Waals surface area contributed by atoms with Gasteiger partial charge in [0.15, 0.2) is 5.69 Å². The molecule has 38 heavy (non-hydrogen) atoms. The van der Waals surface area contributed by atoms with Crippen molar-refractivity contribution in [3.63, 3.8) is 0 Å². The van der Waals surface area contributed by atoms with E-state index in [1.807, 2.05) is 25.5 Å². The molecule has 0 aromatic carbocycles. The van der Waals surface area contributed by atoms with Crippen LogP contribution in [0.2, 0.25) is 0 Å². The normalized spacial score (nSPS) is 19.1. The van der Waals surface area contributed by atoms with Crippen LogP contribution in [-0.4, -0.2) is 72.0 Å². The van der Waals surface area contributed by atoms with Gasteiger partial charge in [0.05, 0.1) is 28.7 Å². The first-order valence-electron chi connectivity index (χ1n) is 13.1. The summed E-state index contributed by atoms with van der Waals surface area (Å²) in [6.45, 7) is 4.38. The molecule has 0 spiro atoms. The van der Waals surface area contributed by atoms with Crippen LogP contribution in [0.15, 0.2) is 43.0 Å². The van der Waals surface area contributed by atoms with Gasteiger partial charge in [-0.05, 0) is 50.7 Å². The fourth-order valence-corrected chi connectivity index (χ4v) is 5.63. The molecular formula is C27H31N9O2. The van der Waals surface area contributed by atoms with Gasteiger partial charge in [0, 0.05) is 62.4 Å². The molecular weight excluding hydrogens is 482 g/mol. The van der Waals surface area contributed by atoms with Gasteiger partial charge in [-0.15, -0.1) is 5.10 Å². The summed E-state index contributed by atoms with van der Waals surface area (Å²) in [6, 6.07) is 6.03. The van der Waals surface area contributed by atoms with Gasteiger partial charge < -0.3 is 10.6 Å². The molecule has 2 aliphatic heterocycles. The van der Waals surface area contributed by atoms with Gasteiger partial charge >= 0.3 is 0 Å². The fraction of sp³-hybridized carbons (Fsp3) is 0.407. The minimum atomic E-state index is -0.420. The number of pyridine rings is 2. The highest BCUT2D eigenvalue weighted by Gasteiger charge is 2.33. The van der Waals surface area contributed by atoms with Crippen molar-refractivity contribution in [1.29, 1.82) is 0 Å². The molecule has 1 aliphatic carbocycles. The largest absolute Gasteiger partial charge is 0.351 e. The number of hydrogen-bond donors (Lipinski definition) is 2. The Balaban J connectivity index is 1.11. The molecule has 2 bridgehead atoms. The predicted molar refractivity (Wildman–Crippen MR) is 142 cm³/mol. The average molecular weight is 514 g/mol. The van der Waals surface area contributed by atoms with E-state index >= 15 is 0 Å². The number of fused-ring (bicyclic) bond motifs is 4. The highest BCUT2D eigenvalue weighted by molar-refractivity contribution is 6.08. The van der Waals surface area contributed by atoms with Crippen molar-refractivity contribution in [3.05, 3.63) is 59.9 Å². The van der Waals surface area contributed by atoms with E-state index in [2.05, 4.69) is 35.9 Å². The third-order valence-corrected chi connectivity index (χ3v) is 7.77. The quantitative estimate of drug-likeness (QED) is 0.390. The van der Waals surface area contributed by atoms with Crippen molar-refractivity contribution in [2.24, 2.45) is 13.0 Å². The summed E-state index contributed by atoms with van der Waals surface area (Å²) >= 11 is 0. The maximum absolute atomic E-state index is 13.1. The van der Waals surface area contributed by atoms with Gasteiger partial charge in [0.25, 0.3) is 11.8 Å². The number of hydrogen-bond acceptors (Lipinski definition) is 7. The Morgan fingerprint density at radius 2 is 1.89 bits per heavy atom. The van der Waals surface area contributed by atoms with Gasteiger partial charge in [0.1, 0.15) is 0 Å². The maximum atomic E-state index is 13.1. The topological polar surface area (TPSA) is 122 Å². The summed E-state index contributed by atoms with van der Waals surface area (Å²) in [7, 11) is 1.86. The zero-order valence-electron chi connectivity index (χ0n) is 21.6. The third-order valence-electron chi connectivity index (χ3n) is 7.77. The number of amides is 2. The molecule has 11 heteroatoms. The van der Waals surface area contributed by atoms with Crippen LogP contribution in [0.1, 0.15) is 52.2 Å². The Hall–Kier alpha value is -4.12. The molecule has 1 saturated carbocycles. The second-order valence-electron chi connectivity index (χ2n) is 10.3. The number of rotatable bonds is 7. The van der Waals surface area contributed by atoms with Crippen LogP contribution in [0, 0.1) is 12.8 Å². The molecule has 4 aromatic heterocycles. The molecule has 2 amide bonds. The highest BCUT2D eigenvalue weighted by atomic mass is 16.2. The number of anilines is 1. The van der Waals surface area contributed by atoms with Crippen LogP contribution in [-0.2, 0) is 7.05 Å². The molecule has 2 N–H and O–H groups in total. The number of piperidine rings is 2. The van der Waals surface area contributed by atoms with Crippen LogP contribution < -0.4 is 10.6 Å². The zero-order chi connectivity index (χ0) is 26.2. The molecule has 0 atom stereocenters. The smallest absolute Gasteiger partial charge is 0.278 e. The number of nitrogens with one attached hydrogen (secondary N) is 2. The second-order valence-corrected chi connectivity index (χ2v) is 10.3. The highest BCUT2D eigenvalue weighted by Crippen LogP contribution is 2.34. The lowest BCUT2D eigenvalue weighted by Gasteiger charge is -2.45. The van der Waals surface area contributed by atoms with Crippen LogP contribution in [0.25, 0.3) is 16.6 Å². The Kier molecular flexibility index (Phi) is 6.36. The summed E-state index contributed by atoms with van der Waals surface area (Å²) in [5.74, 6) is 0.193. The first kappa shape index (κ1) is 24.2. The lowest BCUT2D eigenvalue weighted by Crippen LogP contribution is -2.50. The number of aromatic nitrogens is 6. The predicted octanol–water partition coefficient (Wildman–Crippen LogP) is 2.69. The molecule has 196 valence electrons. The van der Waals surface area contributed by atoms with Gasteiger partial charge in [-0.25, -0.2) is 4.52 Å². The molecule has 3 aliphatic rings. The van der Waals surface area contributed by atoms with E-state index in [-0.39, 0.29) is 11.6 Å². The van der Waals surface area contributed by atoms with E-state index in [4.69, 9.17) is 0 Å². The Morgan fingerprint density at radius 1 is 1.05 bits per heavy atom. The summed E-state index contributed by atoms with van der Waals surface area (Å²) in [5, 5.41) is 18.3. The Labute approximate surface area is 220 Å². The third kappa shape index (κ3) is 4.76. The van der Waals surface area contributed by atoms with Gasteiger partial charge in [-0.1, -0.05) is 11.3 Å². The average Bonchev–Trinajstić information content (AvgIpc) is 3.56. The summed E-state index contributed by atoms with van der Waals surface area (Å²) in [6.07, 6.45) is 12.2. The Morgan fingerprint density at radius 3 is 2.63 bits per heavy atom. The number of aryl methyl sites for hydroxylation is 2. The van der Waals surface area contributed by atoms with Crippen LogP contribution in [0.5, 0.6) is 0 Å². The SMILES string of the molecule is Cc1ncc(C(=O)NCCN2CC3CCC2CC3)cc1NC(=O)c1nnn2cc(-c3cnn(C)c3)ccc12. The summed E-state index contributed by atoms with van der Waals surface area (Å²) in [4.78, 5) is 32.8. The fourth-order valence-electron chi connectivity index (χ4n) is 5.63. The van der Waals surface area contributed by atoms with E-state index in [1.54, 1.807) is 34.5 Å². The molecule has 11 nitrogen and oxygen atoms in total. The molecule has 2 saturated heterocycles. The minimum Gasteiger partial charge on any atom is -0.351 e. The van der Waals surface area contributed by atoms with Crippen molar-refractivity contribution < 1.29 is 9.59 Å². The van der Waals surface area contributed by atoms with Crippen LogP contribution in [0.3, 0.4) is 0 Å². The van der Waals surface area contributed by atoms with E-state index < -0.39 is 5.91 Å². The first-order chi connectivity index (χ1) is 18.4. The molecule has 0 radical (unpaired) electrons. The molecule has 6 heterocycles. The minimum absolute atomic E-state index is 0.188. The zero-order valence-corrected chi connectivity index (χ0v) is 21.6. The first-order valence-corrected chi connectivity index (χ1v) is 13.1. The van der Waals surface area contributed by atoms with Crippen LogP contribution in [0.4, 0.5) is 5.69 Å². The van der Waals surface area contributed by atoms with Crippen molar-refractivity contribution >= 4 is 23.0 Å². The van der Waals surface area contributed by atoms with E-state index in [0.29, 0.717) is 35.0 Å². The van der Waals surface area contributed by atoms with Crippen molar-refractivity contribution in [2.75, 3.05) is 25.0 Å². The lowest BCUT2D eigenvalue weighted by atomic mass is 9.80. The number of nitrogens with zero attached hydrogens (tertiary/aromatic N) is 7.